The summed E-state index contributed by atoms with van der Waals surface area (Å²) >= 11 is 17.9. The normalized spacial score (nSPS) is 23.5. The summed E-state index contributed by atoms with van der Waals surface area (Å²) in [5.41, 5.74) is 5.86. The van der Waals surface area contributed by atoms with Gasteiger partial charge in [-0.25, -0.2) is 8.42 Å². The Morgan fingerprint density at radius 1 is 1.10 bits per heavy atom. The van der Waals surface area contributed by atoms with Crippen molar-refractivity contribution in [3.63, 3.8) is 0 Å². The van der Waals surface area contributed by atoms with E-state index in [4.69, 9.17) is 40.5 Å². The van der Waals surface area contributed by atoms with Crippen molar-refractivity contribution >= 4 is 44.8 Å². The fourth-order valence-corrected chi connectivity index (χ4v) is 5.48. The first-order valence-electron chi connectivity index (χ1n) is 6.61. The molecule has 1 aliphatic rings. The highest BCUT2D eigenvalue weighted by Gasteiger charge is 2.33. The van der Waals surface area contributed by atoms with E-state index in [1.807, 2.05) is 0 Å². The first-order valence-corrected chi connectivity index (χ1v) is 9.19. The summed E-state index contributed by atoms with van der Waals surface area (Å²) in [5.74, 6) is 0. The van der Waals surface area contributed by atoms with Crippen molar-refractivity contribution in [3.8, 4) is 0 Å². The predicted octanol–water partition coefficient (Wildman–Crippen LogP) is 3.54. The molecule has 0 aromatic heterocycles. The van der Waals surface area contributed by atoms with Crippen molar-refractivity contribution in [2.75, 3.05) is 7.05 Å². The maximum absolute atomic E-state index is 12.7. The largest absolute Gasteiger partial charge is 0.328 e. The molecule has 8 heteroatoms. The van der Waals surface area contributed by atoms with Crippen molar-refractivity contribution in [3.05, 3.63) is 27.2 Å². The number of benzene rings is 1. The number of sulfonamides is 1. The predicted molar refractivity (Wildman–Crippen MR) is 86.7 cm³/mol. The SMILES string of the molecule is CN(C1CCC(N)CC1)S(=O)(=O)c1c(Cl)cc(Cl)cc1Cl. The topological polar surface area (TPSA) is 63.4 Å². The molecule has 0 atom stereocenters. The second kappa shape index (κ2) is 6.60. The van der Waals surface area contributed by atoms with Crippen molar-refractivity contribution in [2.45, 2.75) is 42.7 Å². The number of nitrogens with zero attached hydrogens (tertiary/aromatic N) is 1. The lowest BCUT2D eigenvalue weighted by Crippen LogP contribution is -2.41. The maximum atomic E-state index is 12.7. The molecular formula is C13H17Cl3N2O2S. The van der Waals surface area contributed by atoms with E-state index in [2.05, 4.69) is 0 Å². The average Bonchev–Trinajstić information content (AvgIpc) is 2.37. The Kier molecular flexibility index (Phi) is 5.45. The highest BCUT2D eigenvalue weighted by atomic mass is 35.5. The van der Waals surface area contributed by atoms with Gasteiger partial charge in [0, 0.05) is 24.2 Å². The van der Waals surface area contributed by atoms with Crippen LogP contribution in [0.3, 0.4) is 0 Å². The molecule has 0 saturated heterocycles. The Bertz CT molecular complexity index is 605. The van der Waals surface area contributed by atoms with Crippen LogP contribution in [0.2, 0.25) is 15.1 Å². The van der Waals surface area contributed by atoms with Crippen LogP contribution in [-0.4, -0.2) is 31.9 Å². The van der Waals surface area contributed by atoms with Crippen LogP contribution in [0, 0.1) is 0 Å². The van der Waals surface area contributed by atoms with E-state index in [9.17, 15) is 8.42 Å². The summed E-state index contributed by atoms with van der Waals surface area (Å²) in [6.07, 6.45) is 3.10. The molecule has 1 aliphatic carbocycles. The third kappa shape index (κ3) is 3.66. The second-order valence-electron chi connectivity index (χ2n) is 5.29. The number of nitrogens with two attached hydrogens (primary N) is 1. The number of hydrogen-bond acceptors (Lipinski definition) is 3. The molecule has 118 valence electrons. The molecule has 0 amide bonds. The van der Waals surface area contributed by atoms with Gasteiger partial charge < -0.3 is 5.73 Å². The molecule has 21 heavy (non-hydrogen) atoms. The van der Waals surface area contributed by atoms with Gasteiger partial charge in [0.2, 0.25) is 10.0 Å². The first kappa shape index (κ1) is 17.3. The van der Waals surface area contributed by atoms with Crippen molar-refractivity contribution in [1.29, 1.82) is 0 Å². The lowest BCUT2D eigenvalue weighted by molar-refractivity contribution is 0.268. The van der Waals surface area contributed by atoms with Crippen LogP contribution < -0.4 is 5.73 Å². The highest BCUT2D eigenvalue weighted by Crippen LogP contribution is 2.36. The lowest BCUT2D eigenvalue weighted by Gasteiger charge is -2.33. The van der Waals surface area contributed by atoms with Crippen LogP contribution in [0.1, 0.15) is 25.7 Å². The fourth-order valence-electron chi connectivity index (χ4n) is 2.58. The average molecular weight is 372 g/mol. The quantitative estimate of drug-likeness (QED) is 0.884. The van der Waals surface area contributed by atoms with Gasteiger partial charge in [0.15, 0.2) is 0 Å². The van der Waals surface area contributed by atoms with Crippen molar-refractivity contribution in [2.24, 2.45) is 5.73 Å². The van der Waals surface area contributed by atoms with Gasteiger partial charge in [-0.3, -0.25) is 0 Å². The minimum Gasteiger partial charge on any atom is -0.328 e. The standard InChI is InChI=1S/C13H17Cl3N2O2S/c1-18(10-4-2-9(17)3-5-10)21(19,20)13-11(15)6-8(14)7-12(13)16/h6-7,9-10H,2-5,17H2,1H3. The Hall–Kier alpha value is -0.0400. The van der Waals surface area contributed by atoms with Crippen LogP contribution >= 0.6 is 34.8 Å². The number of rotatable bonds is 3. The zero-order valence-corrected chi connectivity index (χ0v) is 14.6. The minimum absolute atomic E-state index is 0.0341. The zero-order valence-electron chi connectivity index (χ0n) is 11.5. The Morgan fingerprint density at radius 3 is 2.05 bits per heavy atom. The summed E-state index contributed by atoms with van der Waals surface area (Å²) in [4.78, 5) is -0.0902. The first-order chi connectivity index (χ1) is 9.73. The van der Waals surface area contributed by atoms with Crippen molar-refractivity contribution in [1.82, 2.24) is 4.31 Å². The van der Waals surface area contributed by atoms with Gasteiger partial charge in [-0.05, 0) is 37.8 Å². The van der Waals surface area contributed by atoms with Gasteiger partial charge in [-0.15, -0.1) is 0 Å². The molecule has 2 rings (SSSR count). The molecule has 1 aromatic carbocycles. The van der Waals surface area contributed by atoms with Crippen LogP contribution in [-0.2, 0) is 10.0 Å². The molecule has 2 N–H and O–H groups in total. The third-order valence-corrected chi connectivity index (χ3v) is 6.91. The molecule has 1 saturated carbocycles. The Morgan fingerprint density at radius 2 is 1.57 bits per heavy atom. The number of hydrogen-bond donors (Lipinski definition) is 1. The molecule has 1 fully saturated rings. The smallest absolute Gasteiger partial charge is 0.246 e. The van der Waals surface area contributed by atoms with Gasteiger partial charge in [-0.1, -0.05) is 34.8 Å². The van der Waals surface area contributed by atoms with Gasteiger partial charge in [0.1, 0.15) is 4.90 Å². The molecule has 1 aromatic rings. The van der Waals surface area contributed by atoms with E-state index >= 15 is 0 Å². The molecule has 0 bridgehead atoms. The monoisotopic (exact) mass is 370 g/mol. The minimum atomic E-state index is -3.76. The van der Waals surface area contributed by atoms with E-state index in [1.54, 1.807) is 7.05 Å². The van der Waals surface area contributed by atoms with Gasteiger partial charge in [0.25, 0.3) is 0 Å². The van der Waals surface area contributed by atoms with E-state index in [-0.39, 0.29) is 27.0 Å². The van der Waals surface area contributed by atoms with E-state index in [0.717, 1.165) is 25.7 Å². The summed E-state index contributed by atoms with van der Waals surface area (Å²) < 4.78 is 26.8. The van der Waals surface area contributed by atoms with Crippen LogP contribution in [0.25, 0.3) is 0 Å². The van der Waals surface area contributed by atoms with Crippen molar-refractivity contribution < 1.29 is 8.42 Å². The molecular weight excluding hydrogens is 355 g/mol. The third-order valence-electron chi connectivity index (χ3n) is 3.86. The number of halogens is 3. The van der Waals surface area contributed by atoms with E-state index in [1.165, 1.54) is 16.4 Å². The van der Waals surface area contributed by atoms with Gasteiger partial charge in [0.05, 0.1) is 10.0 Å². The van der Waals surface area contributed by atoms with E-state index in [0.29, 0.717) is 5.02 Å². The van der Waals surface area contributed by atoms with Gasteiger partial charge >= 0.3 is 0 Å². The molecule has 4 nitrogen and oxygen atoms in total. The van der Waals surface area contributed by atoms with Crippen LogP contribution in [0.5, 0.6) is 0 Å². The summed E-state index contributed by atoms with van der Waals surface area (Å²) in [7, 11) is -2.21. The second-order valence-corrected chi connectivity index (χ2v) is 8.47. The molecule has 0 radical (unpaired) electrons. The van der Waals surface area contributed by atoms with E-state index < -0.39 is 10.0 Å². The molecule has 0 unspecified atom stereocenters. The summed E-state index contributed by atoms with van der Waals surface area (Å²) in [5, 5.41) is 0.369. The fraction of sp³-hybridized carbons (Fsp3) is 0.538. The molecule has 0 aliphatic heterocycles. The van der Waals surface area contributed by atoms with Crippen LogP contribution in [0.4, 0.5) is 0 Å². The highest BCUT2D eigenvalue weighted by molar-refractivity contribution is 7.89. The lowest BCUT2D eigenvalue weighted by atomic mass is 9.92. The maximum Gasteiger partial charge on any atom is 0.246 e. The zero-order chi connectivity index (χ0) is 15.8. The van der Waals surface area contributed by atoms with Gasteiger partial charge in [-0.2, -0.15) is 4.31 Å². The molecule has 0 spiro atoms. The summed E-state index contributed by atoms with van der Waals surface area (Å²) in [6, 6.07) is 2.83. The Balaban J connectivity index is 2.34. The van der Waals surface area contributed by atoms with Crippen LogP contribution in [0.15, 0.2) is 17.0 Å². The molecule has 0 heterocycles. The summed E-state index contributed by atoms with van der Waals surface area (Å²) in [6.45, 7) is 0. The Labute approximate surface area is 140 Å².